The first kappa shape index (κ1) is 11.9. The van der Waals surface area contributed by atoms with Crippen LogP contribution in [0.3, 0.4) is 0 Å². The number of hydrogen-bond acceptors (Lipinski definition) is 3. The van der Waals surface area contributed by atoms with E-state index in [1.807, 2.05) is 6.92 Å². The van der Waals surface area contributed by atoms with Crippen molar-refractivity contribution in [3.63, 3.8) is 0 Å². The molecule has 0 heterocycles. The molecule has 0 bridgehead atoms. The molecule has 0 saturated heterocycles. The summed E-state index contributed by atoms with van der Waals surface area (Å²) in [6.45, 7) is 5.53. The molecule has 2 aliphatic rings. The van der Waals surface area contributed by atoms with Crippen molar-refractivity contribution in [1.29, 1.82) is 0 Å². The quantitative estimate of drug-likeness (QED) is 0.728. The molecular weight excluding hydrogens is 202 g/mol. The Labute approximate surface area is 97.9 Å². The minimum absolute atomic E-state index is 0.0272. The predicted octanol–water partition coefficient (Wildman–Crippen LogP) is 2.11. The minimum atomic E-state index is -0.376. The summed E-state index contributed by atoms with van der Waals surface area (Å²) in [5.41, 5.74) is -0.376. The Morgan fingerprint density at radius 3 is 2.69 bits per heavy atom. The molecule has 0 amide bonds. The standard InChI is InChI=1S/C13H23NO2/c1-3-16-12(15)13(8-4-5-10(13)2)14-9-11-6-7-11/h10-11,14H,3-9H2,1-2H3. The smallest absolute Gasteiger partial charge is 0.326 e. The van der Waals surface area contributed by atoms with Gasteiger partial charge in [-0.2, -0.15) is 0 Å². The van der Waals surface area contributed by atoms with Gasteiger partial charge in [0, 0.05) is 0 Å². The lowest BCUT2D eigenvalue weighted by molar-refractivity contribution is -0.152. The van der Waals surface area contributed by atoms with Gasteiger partial charge < -0.3 is 10.1 Å². The van der Waals surface area contributed by atoms with E-state index < -0.39 is 0 Å². The van der Waals surface area contributed by atoms with Gasteiger partial charge >= 0.3 is 5.97 Å². The lowest BCUT2D eigenvalue weighted by Gasteiger charge is -2.32. The molecule has 92 valence electrons. The summed E-state index contributed by atoms with van der Waals surface area (Å²) in [6, 6.07) is 0. The molecule has 2 atom stereocenters. The second kappa shape index (κ2) is 4.74. The summed E-state index contributed by atoms with van der Waals surface area (Å²) in [5.74, 6) is 1.19. The number of nitrogens with one attached hydrogen (secondary N) is 1. The monoisotopic (exact) mass is 225 g/mol. The molecule has 2 aliphatic carbocycles. The molecule has 2 saturated carbocycles. The van der Waals surface area contributed by atoms with Crippen LogP contribution in [0.4, 0.5) is 0 Å². The van der Waals surface area contributed by atoms with E-state index in [0.29, 0.717) is 12.5 Å². The lowest BCUT2D eigenvalue weighted by Crippen LogP contribution is -2.55. The second-order valence-corrected chi connectivity index (χ2v) is 5.31. The highest BCUT2D eigenvalue weighted by Crippen LogP contribution is 2.38. The maximum Gasteiger partial charge on any atom is 0.326 e. The zero-order valence-electron chi connectivity index (χ0n) is 10.4. The third kappa shape index (κ3) is 2.24. The van der Waals surface area contributed by atoms with Crippen molar-refractivity contribution in [2.24, 2.45) is 11.8 Å². The maximum absolute atomic E-state index is 12.1. The predicted molar refractivity (Wildman–Crippen MR) is 63.1 cm³/mol. The van der Waals surface area contributed by atoms with Gasteiger partial charge in [0.2, 0.25) is 0 Å². The highest BCUT2D eigenvalue weighted by Gasteiger charge is 2.48. The maximum atomic E-state index is 12.1. The second-order valence-electron chi connectivity index (χ2n) is 5.31. The van der Waals surface area contributed by atoms with E-state index in [-0.39, 0.29) is 11.5 Å². The van der Waals surface area contributed by atoms with Crippen molar-refractivity contribution in [3.05, 3.63) is 0 Å². The Bertz CT molecular complexity index is 263. The molecule has 2 unspecified atom stereocenters. The number of carbonyl (C=O) groups excluding carboxylic acids is 1. The van der Waals surface area contributed by atoms with E-state index in [4.69, 9.17) is 4.74 Å². The van der Waals surface area contributed by atoms with Crippen LogP contribution in [0.1, 0.15) is 46.0 Å². The fourth-order valence-corrected chi connectivity index (χ4v) is 2.73. The topological polar surface area (TPSA) is 38.3 Å². The summed E-state index contributed by atoms with van der Waals surface area (Å²) in [4.78, 5) is 12.1. The lowest BCUT2D eigenvalue weighted by atomic mass is 9.88. The fraction of sp³-hybridized carbons (Fsp3) is 0.923. The molecule has 0 aromatic carbocycles. The van der Waals surface area contributed by atoms with Gasteiger partial charge in [0.1, 0.15) is 5.54 Å². The first-order valence-corrected chi connectivity index (χ1v) is 6.61. The largest absolute Gasteiger partial charge is 0.465 e. The SMILES string of the molecule is CCOC(=O)C1(NCC2CC2)CCCC1C. The molecule has 2 fully saturated rings. The van der Waals surface area contributed by atoms with E-state index in [0.717, 1.165) is 31.7 Å². The molecule has 0 spiro atoms. The Balaban J connectivity index is 2.01. The van der Waals surface area contributed by atoms with Crippen LogP contribution >= 0.6 is 0 Å². The van der Waals surface area contributed by atoms with Crippen molar-refractivity contribution < 1.29 is 9.53 Å². The molecule has 2 rings (SSSR count). The van der Waals surface area contributed by atoms with Crippen LogP contribution in [-0.2, 0) is 9.53 Å². The normalized spacial score (nSPS) is 34.0. The van der Waals surface area contributed by atoms with Gasteiger partial charge in [-0.1, -0.05) is 13.3 Å². The Morgan fingerprint density at radius 1 is 1.44 bits per heavy atom. The van der Waals surface area contributed by atoms with Crippen molar-refractivity contribution in [2.75, 3.05) is 13.2 Å². The summed E-state index contributed by atoms with van der Waals surface area (Å²) in [6.07, 6.45) is 5.86. The van der Waals surface area contributed by atoms with Crippen molar-refractivity contribution >= 4 is 5.97 Å². The van der Waals surface area contributed by atoms with Gasteiger partial charge in [0.15, 0.2) is 0 Å². The molecule has 16 heavy (non-hydrogen) atoms. The van der Waals surface area contributed by atoms with E-state index in [1.165, 1.54) is 12.8 Å². The first-order valence-electron chi connectivity index (χ1n) is 6.61. The first-order chi connectivity index (χ1) is 7.69. The number of carbonyl (C=O) groups is 1. The van der Waals surface area contributed by atoms with Crippen LogP contribution in [0.5, 0.6) is 0 Å². The van der Waals surface area contributed by atoms with Crippen molar-refractivity contribution in [3.8, 4) is 0 Å². The molecule has 0 aromatic heterocycles. The molecule has 0 radical (unpaired) electrons. The van der Waals surface area contributed by atoms with Gasteiger partial charge in [-0.05, 0) is 51.0 Å². The number of hydrogen-bond donors (Lipinski definition) is 1. The van der Waals surface area contributed by atoms with Crippen LogP contribution in [0.2, 0.25) is 0 Å². The summed E-state index contributed by atoms with van der Waals surface area (Å²) >= 11 is 0. The van der Waals surface area contributed by atoms with Gasteiger partial charge in [-0.15, -0.1) is 0 Å². The van der Waals surface area contributed by atoms with Gasteiger partial charge in [-0.3, -0.25) is 4.79 Å². The van der Waals surface area contributed by atoms with E-state index in [1.54, 1.807) is 0 Å². The zero-order chi connectivity index (χ0) is 11.6. The van der Waals surface area contributed by atoms with Crippen LogP contribution in [0.25, 0.3) is 0 Å². The third-order valence-corrected chi connectivity index (χ3v) is 4.09. The minimum Gasteiger partial charge on any atom is -0.465 e. The summed E-state index contributed by atoms with van der Waals surface area (Å²) < 4.78 is 5.25. The van der Waals surface area contributed by atoms with Gasteiger partial charge in [0.25, 0.3) is 0 Å². The van der Waals surface area contributed by atoms with Crippen LogP contribution in [0, 0.1) is 11.8 Å². The molecule has 3 heteroatoms. The molecular formula is C13H23NO2. The molecule has 3 nitrogen and oxygen atoms in total. The number of ether oxygens (including phenoxy) is 1. The highest BCUT2D eigenvalue weighted by molar-refractivity contribution is 5.81. The summed E-state index contributed by atoms with van der Waals surface area (Å²) in [7, 11) is 0. The fourth-order valence-electron chi connectivity index (χ4n) is 2.73. The number of rotatable bonds is 5. The van der Waals surface area contributed by atoms with E-state index in [9.17, 15) is 4.79 Å². The highest BCUT2D eigenvalue weighted by atomic mass is 16.5. The average Bonchev–Trinajstić information content (AvgIpc) is 3.01. The average molecular weight is 225 g/mol. The Kier molecular flexibility index (Phi) is 3.53. The summed E-state index contributed by atoms with van der Waals surface area (Å²) in [5, 5.41) is 3.52. The zero-order valence-corrected chi connectivity index (χ0v) is 10.4. The Morgan fingerprint density at radius 2 is 2.19 bits per heavy atom. The molecule has 0 aliphatic heterocycles. The van der Waals surface area contributed by atoms with Crippen molar-refractivity contribution in [2.45, 2.75) is 51.5 Å². The Hall–Kier alpha value is -0.570. The molecule has 0 aromatic rings. The van der Waals surface area contributed by atoms with Gasteiger partial charge in [0.05, 0.1) is 6.61 Å². The van der Waals surface area contributed by atoms with Crippen LogP contribution in [0.15, 0.2) is 0 Å². The van der Waals surface area contributed by atoms with E-state index in [2.05, 4.69) is 12.2 Å². The molecule has 1 N–H and O–H groups in total. The third-order valence-electron chi connectivity index (χ3n) is 4.09. The van der Waals surface area contributed by atoms with Gasteiger partial charge in [-0.25, -0.2) is 0 Å². The number of esters is 1. The van der Waals surface area contributed by atoms with E-state index >= 15 is 0 Å². The van der Waals surface area contributed by atoms with Crippen molar-refractivity contribution in [1.82, 2.24) is 5.32 Å². The van der Waals surface area contributed by atoms with Crippen LogP contribution < -0.4 is 5.32 Å². The van der Waals surface area contributed by atoms with Crippen LogP contribution in [-0.4, -0.2) is 24.7 Å².